The summed E-state index contributed by atoms with van der Waals surface area (Å²) in [6.07, 6.45) is 0.562. The molecular formula is C12H19FN2O2S. The van der Waals surface area contributed by atoms with E-state index in [0.29, 0.717) is 18.5 Å². The maximum atomic E-state index is 12.9. The van der Waals surface area contributed by atoms with E-state index in [4.69, 9.17) is 0 Å². The zero-order chi connectivity index (χ0) is 13.4. The number of rotatable bonds is 8. The number of sulfonamides is 1. The molecule has 0 aliphatic heterocycles. The topological polar surface area (TPSA) is 58.2 Å². The zero-order valence-corrected chi connectivity index (χ0v) is 11.3. The van der Waals surface area contributed by atoms with Crippen LogP contribution in [-0.4, -0.2) is 27.3 Å². The van der Waals surface area contributed by atoms with E-state index in [0.717, 1.165) is 6.54 Å². The fraction of sp³-hybridized carbons (Fsp3) is 0.500. The molecule has 0 heterocycles. The molecule has 0 radical (unpaired) electrons. The molecule has 1 aromatic carbocycles. The van der Waals surface area contributed by atoms with E-state index >= 15 is 0 Å². The minimum Gasteiger partial charge on any atom is -0.317 e. The molecular weight excluding hydrogens is 255 g/mol. The average Bonchev–Trinajstić information content (AvgIpc) is 2.33. The predicted molar refractivity (Wildman–Crippen MR) is 70.2 cm³/mol. The first kappa shape index (κ1) is 15.1. The van der Waals surface area contributed by atoms with E-state index in [-0.39, 0.29) is 18.1 Å². The fourth-order valence-corrected chi connectivity index (χ4v) is 2.53. The van der Waals surface area contributed by atoms with E-state index in [1.807, 2.05) is 6.92 Å². The number of halogens is 1. The third-order valence-corrected chi connectivity index (χ3v) is 3.81. The lowest BCUT2D eigenvalue weighted by Crippen LogP contribution is -2.28. The van der Waals surface area contributed by atoms with Crippen LogP contribution in [0, 0.1) is 5.82 Å². The van der Waals surface area contributed by atoms with Crippen molar-refractivity contribution < 1.29 is 12.8 Å². The number of hydrogen-bond acceptors (Lipinski definition) is 3. The molecule has 0 saturated carbocycles. The summed E-state index contributed by atoms with van der Waals surface area (Å²) < 4.78 is 38.6. The summed E-state index contributed by atoms with van der Waals surface area (Å²) in [5, 5.41) is 3.06. The van der Waals surface area contributed by atoms with Gasteiger partial charge in [-0.05, 0) is 37.2 Å². The second-order valence-corrected chi connectivity index (χ2v) is 5.90. The van der Waals surface area contributed by atoms with E-state index < -0.39 is 10.0 Å². The summed E-state index contributed by atoms with van der Waals surface area (Å²) in [5.74, 6) is -0.283. The molecule has 0 bridgehead atoms. The highest BCUT2D eigenvalue weighted by Crippen LogP contribution is 2.03. The lowest BCUT2D eigenvalue weighted by Gasteiger charge is -2.07. The Hall–Kier alpha value is -0.980. The lowest BCUT2D eigenvalue weighted by atomic mass is 10.2. The van der Waals surface area contributed by atoms with Gasteiger partial charge in [0.05, 0.1) is 5.75 Å². The first-order chi connectivity index (χ1) is 8.53. The number of nitrogens with one attached hydrogen (secondary N) is 2. The number of hydrogen-bond donors (Lipinski definition) is 2. The van der Waals surface area contributed by atoms with Gasteiger partial charge in [0.2, 0.25) is 10.0 Å². The number of benzene rings is 1. The second kappa shape index (κ2) is 7.45. The highest BCUT2D eigenvalue weighted by molar-refractivity contribution is 7.89. The van der Waals surface area contributed by atoms with Crippen molar-refractivity contribution in [1.82, 2.24) is 10.0 Å². The molecule has 0 aromatic heterocycles. The maximum absolute atomic E-state index is 12.9. The van der Waals surface area contributed by atoms with Crippen molar-refractivity contribution in [2.24, 2.45) is 0 Å². The molecule has 2 N–H and O–H groups in total. The van der Waals surface area contributed by atoms with Crippen molar-refractivity contribution >= 4 is 10.0 Å². The quantitative estimate of drug-likeness (QED) is 0.701. The summed E-state index contributed by atoms with van der Waals surface area (Å²) in [6, 6.07) is 5.89. The molecule has 0 spiro atoms. The van der Waals surface area contributed by atoms with Crippen LogP contribution in [0.1, 0.15) is 18.9 Å². The Morgan fingerprint density at radius 2 is 2.11 bits per heavy atom. The summed E-state index contributed by atoms with van der Waals surface area (Å²) in [7, 11) is -3.29. The summed E-state index contributed by atoms with van der Waals surface area (Å²) in [6.45, 7) is 3.60. The summed E-state index contributed by atoms with van der Waals surface area (Å²) in [4.78, 5) is 0. The third-order valence-electron chi connectivity index (χ3n) is 2.40. The molecule has 1 rings (SSSR count). The highest BCUT2D eigenvalue weighted by atomic mass is 32.2. The lowest BCUT2D eigenvalue weighted by molar-refractivity contribution is 0.574. The van der Waals surface area contributed by atoms with Crippen molar-refractivity contribution in [2.45, 2.75) is 19.9 Å². The van der Waals surface area contributed by atoms with Gasteiger partial charge < -0.3 is 5.32 Å². The van der Waals surface area contributed by atoms with Crippen molar-refractivity contribution in [3.8, 4) is 0 Å². The van der Waals surface area contributed by atoms with Crippen LogP contribution < -0.4 is 10.0 Å². The van der Waals surface area contributed by atoms with Crippen molar-refractivity contribution in [3.05, 3.63) is 35.6 Å². The van der Waals surface area contributed by atoms with Crippen LogP contribution in [0.4, 0.5) is 4.39 Å². The summed E-state index contributed by atoms with van der Waals surface area (Å²) >= 11 is 0. The highest BCUT2D eigenvalue weighted by Gasteiger charge is 2.09. The maximum Gasteiger partial charge on any atom is 0.211 e. The first-order valence-electron chi connectivity index (χ1n) is 5.96. The van der Waals surface area contributed by atoms with Gasteiger partial charge in [-0.25, -0.2) is 17.5 Å². The molecule has 0 aliphatic carbocycles. The molecule has 0 aliphatic rings. The monoisotopic (exact) mass is 274 g/mol. The van der Waals surface area contributed by atoms with Crippen LogP contribution in [0.15, 0.2) is 24.3 Å². The molecule has 4 nitrogen and oxygen atoms in total. The molecule has 6 heteroatoms. The fourth-order valence-electron chi connectivity index (χ4n) is 1.48. The zero-order valence-electron chi connectivity index (χ0n) is 10.4. The average molecular weight is 274 g/mol. The molecule has 0 unspecified atom stereocenters. The van der Waals surface area contributed by atoms with Gasteiger partial charge in [0.1, 0.15) is 5.82 Å². The second-order valence-electron chi connectivity index (χ2n) is 3.98. The Bertz CT molecular complexity index is 463. The molecule has 0 atom stereocenters. The first-order valence-corrected chi connectivity index (χ1v) is 7.61. The molecule has 102 valence electrons. The Labute approximate surface area is 108 Å². The van der Waals surface area contributed by atoms with E-state index in [1.165, 1.54) is 12.1 Å². The van der Waals surface area contributed by atoms with Crippen LogP contribution in [0.25, 0.3) is 0 Å². The van der Waals surface area contributed by atoms with Crippen LogP contribution >= 0.6 is 0 Å². The van der Waals surface area contributed by atoms with E-state index in [2.05, 4.69) is 10.0 Å². The SMILES string of the molecule is CCNCCCS(=O)(=O)NCc1cccc(F)c1. The normalized spacial score (nSPS) is 11.7. The van der Waals surface area contributed by atoms with Crippen LogP contribution in [0.3, 0.4) is 0 Å². The van der Waals surface area contributed by atoms with Crippen molar-refractivity contribution in [3.63, 3.8) is 0 Å². The largest absolute Gasteiger partial charge is 0.317 e. The van der Waals surface area contributed by atoms with Gasteiger partial charge in [-0.15, -0.1) is 0 Å². The van der Waals surface area contributed by atoms with Crippen molar-refractivity contribution in [2.75, 3.05) is 18.8 Å². The van der Waals surface area contributed by atoms with Gasteiger partial charge in [0, 0.05) is 6.54 Å². The minimum absolute atomic E-state index is 0.0787. The smallest absolute Gasteiger partial charge is 0.211 e. The molecule has 1 aromatic rings. The molecule has 0 amide bonds. The molecule has 0 saturated heterocycles. The minimum atomic E-state index is -3.29. The third kappa shape index (κ3) is 6.09. The molecule has 0 fully saturated rings. The Balaban J connectivity index is 2.37. The predicted octanol–water partition coefficient (Wildman–Crippen LogP) is 1.24. The van der Waals surface area contributed by atoms with Gasteiger partial charge in [0.25, 0.3) is 0 Å². The standard InChI is InChI=1S/C12H19FN2O2S/c1-2-14-7-4-8-18(16,17)15-10-11-5-3-6-12(13)9-11/h3,5-6,9,14-15H,2,4,7-8,10H2,1H3. The summed E-state index contributed by atoms with van der Waals surface area (Å²) in [5.41, 5.74) is 0.616. The van der Waals surface area contributed by atoms with Crippen molar-refractivity contribution in [1.29, 1.82) is 0 Å². The Morgan fingerprint density at radius 3 is 2.78 bits per heavy atom. The van der Waals surface area contributed by atoms with Crippen LogP contribution in [-0.2, 0) is 16.6 Å². The Morgan fingerprint density at radius 1 is 1.33 bits per heavy atom. The van der Waals surface area contributed by atoms with Gasteiger partial charge >= 0.3 is 0 Å². The van der Waals surface area contributed by atoms with Gasteiger partial charge in [-0.3, -0.25) is 0 Å². The van der Waals surface area contributed by atoms with Crippen LogP contribution in [0.2, 0.25) is 0 Å². The molecule has 18 heavy (non-hydrogen) atoms. The van der Waals surface area contributed by atoms with Gasteiger partial charge in [0.15, 0.2) is 0 Å². The van der Waals surface area contributed by atoms with Gasteiger partial charge in [-0.2, -0.15) is 0 Å². The van der Waals surface area contributed by atoms with E-state index in [9.17, 15) is 12.8 Å². The van der Waals surface area contributed by atoms with Gasteiger partial charge in [-0.1, -0.05) is 19.1 Å². The Kier molecular flexibility index (Phi) is 6.24. The van der Waals surface area contributed by atoms with E-state index in [1.54, 1.807) is 12.1 Å². The van der Waals surface area contributed by atoms with Crippen LogP contribution in [0.5, 0.6) is 0 Å².